The predicted molar refractivity (Wildman–Crippen MR) is 57.9 cm³/mol. The van der Waals surface area contributed by atoms with E-state index >= 15 is 0 Å². The van der Waals surface area contributed by atoms with E-state index in [1.54, 1.807) is 0 Å². The molecule has 0 aliphatic heterocycles. The maximum absolute atomic E-state index is 5.49. The van der Waals surface area contributed by atoms with E-state index in [0.29, 0.717) is 0 Å². The summed E-state index contributed by atoms with van der Waals surface area (Å²) >= 11 is 0. The van der Waals surface area contributed by atoms with Crippen molar-refractivity contribution in [3.63, 3.8) is 0 Å². The van der Waals surface area contributed by atoms with Gasteiger partial charge in [-0.15, -0.1) is 0 Å². The van der Waals surface area contributed by atoms with Crippen molar-refractivity contribution in [3.05, 3.63) is 42.5 Å². The maximum Gasteiger partial charge on any atom is 0.209 e. The molecule has 0 bridgehead atoms. The Bertz CT molecular complexity index is 421. The highest BCUT2D eigenvalue weighted by Crippen LogP contribution is 2.24. The number of fused-ring (bicyclic) bond motifs is 1. The number of anilines is 1. The lowest BCUT2D eigenvalue weighted by Gasteiger charge is -2.16. The van der Waals surface area contributed by atoms with Crippen LogP contribution in [0.25, 0.3) is 10.8 Å². The average Bonchev–Trinajstić information content (AvgIpc) is 2.17. The lowest BCUT2D eigenvalue weighted by molar-refractivity contribution is 1.62. The van der Waals surface area contributed by atoms with E-state index in [1.807, 2.05) is 42.5 Å². The van der Waals surface area contributed by atoms with E-state index in [9.17, 15) is 0 Å². The average molecular weight is 163 g/mol. The molecule has 2 aromatic carbocycles. The van der Waals surface area contributed by atoms with Gasteiger partial charge in [0.1, 0.15) is 0 Å². The molecule has 58 valence electrons. The molecule has 2 aromatic rings. The molecular formula is C10H7B2N. The van der Waals surface area contributed by atoms with Gasteiger partial charge in [-0.25, -0.2) is 0 Å². The first-order valence-corrected chi connectivity index (χ1v) is 4.06. The molecule has 0 unspecified atom stereocenters. The first-order chi connectivity index (χ1) is 6.29. The number of benzene rings is 2. The lowest BCUT2D eigenvalue weighted by Crippen LogP contribution is -2.13. The minimum absolute atomic E-state index is 0.832. The van der Waals surface area contributed by atoms with Crippen LogP contribution in [0.1, 0.15) is 0 Å². The third-order valence-corrected chi connectivity index (χ3v) is 2.04. The molecule has 0 amide bonds. The van der Waals surface area contributed by atoms with Crippen LogP contribution in [-0.4, -0.2) is 16.0 Å². The Balaban J connectivity index is 2.76. The van der Waals surface area contributed by atoms with Crippen LogP contribution in [0.5, 0.6) is 0 Å². The molecular weight excluding hydrogens is 156 g/mol. The van der Waals surface area contributed by atoms with Crippen molar-refractivity contribution < 1.29 is 0 Å². The Kier molecular flexibility index (Phi) is 2.01. The second-order valence-corrected chi connectivity index (χ2v) is 2.91. The molecule has 0 atom stereocenters. The van der Waals surface area contributed by atoms with Crippen LogP contribution < -0.4 is 4.72 Å². The molecule has 0 fully saturated rings. The zero-order valence-electron chi connectivity index (χ0n) is 7.14. The summed E-state index contributed by atoms with van der Waals surface area (Å²) in [6, 6.07) is 13.8. The minimum Gasteiger partial charge on any atom is -0.478 e. The van der Waals surface area contributed by atoms with Crippen LogP contribution >= 0.6 is 0 Å². The summed E-state index contributed by atoms with van der Waals surface area (Å²) in [7, 11) is 11.0. The highest BCUT2D eigenvalue weighted by Gasteiger charge is 1.99. The highest BCUT2D eigenvalue weighted by molar-refractivity contribution is 6.43. The topological polar surface area (TPSA) is 3.24 Å². The molecule has 1 nitrogen and oxygen atoms in total. The van der Waals surface area contributed by atoms with E-state index in [4.69, 9.17) is 16.0 Å². The molecule has 0 aliphatic rings. The fourth-order valence-corrected chi connectivity index (χ4v) is 1.43. The summed E-state index contributed by atoms with van der Waals surface area (Å²) in [5.41, 5.74) is 0.832. The quantitative estimate of drug-likeness (QED) is 0.579. The monoisotopic (exact) mass is 163 g/mol. The Morgan fingerprint density at radius 3 is 2.31 bits per heavy atom. The van der Waals surface area contributed by atoms with Crippen molar-refractivity contribution in [1.29, 1.82) is 0 Å². The van der Waals surface area contributed by atoms with Crippen molar-refractivity contribution in [2.75, 3.05) is 4.72 Å². The third kappa shape index (κ3) is 1.42. The molecule has 0 aromatic heterocycles. The molecule has 2 rings (SSSR count). The van der Waals surface area contributed by atoms with Gasteiger partial charge in [-0.3, -0.25) is 0 Å². The zero-order chi connectivity index (χ0) is 9.26. The van der Waals surface area contributed by atoms with Gasteiger partial charge in [-0.2, -0.15) is 0 Å². The smallest absolute Gasteiger partial charge is 0.209 e. The summed E-state index contributed by atoms with van der Waals surface area (Å²) in [5, 5.41) is 2.20. The van der Waals surface area contributed by atoms with Crippen molar-refractivity contribution in [2.24, 2.45) is 0 Å². The van der Waals surface area contributed by atoms with Crippen molar-refractivity contribution >= 4 is 32.4 Å². The number of hydrogen-bond donors (Lipinski definition) is 0. The molecule has 0 aliphatic carbocycles. The normalized spacial score (nSPS) is 10.2. The molecule has 4 radical (unpaired) electrons. The maximum atomic E-state index is 5.49. The third-order valence-electron chi connectivity index (χ3n) is 2.04. The summed E-state index contributed by atoms with van der Waals surface area (Å²) in [5.74, 6) is 0. The lowest BCUT2D eigenvalue weighted by atomic mass is 10.0. The zero-order valence-corrected chi connectivity index (χ0v) is 7.14. The highest BCUT2D eigenvalue weighted by atomic mass is 14.9. The van der Waals surface area contributed by atoms with Crippen LogP contribution in [0.15, 0.2) is 42.5 Å². The molecule has 0 N–H and O–H groups in total. The van der Waals surface area contributed by atoms with Crippen LogP contribution in [0.2, 0.25) is 0 Å². The molecule has 0 spiro atoms. The standard InChI is InChI=1S/C10H7B2N/c11-13(12)10-7-3-5-8-4-1-2-6-9(8)10/h1-7H. The molecule has 0 heterocycles. The van der Waals surface area contributed by atoms with Crippen LogP contribution in [0.4, 0.5) is 5.69 Å². The largest absolute Gasteiger partial charge is 0.478 e. The molecule has 0 saturated carbocycles. The first-order valence-electron chi connectivity index (χ1n) is 4.06. The minimum atomic E-state index is 0.832. The molecule has 0 saturated heterocycles. The van der Waals surface area contributed by atoms with Crippen molar-refractivity contribution in [3.8, 4) is 0 Å². The fourth-order valence-electron chi connectivity index (χ4n) is 1.43. The van der Waals surface area contributed by atoms with Gasteiger partial charge in [0.2, 0.25) is 16.0 Å². The van der Waals surface area contributed by atoms with Gasteiger partial charge >= 0.3 is 0 Å². The van der Waals surface area contributed by atoms with Crippen molar-refractivity contribution in [1.82, 2.24) is 0 Å². The number of hydrogen-bond acceptors (Lipinski definition) is 1. The summed E-state index contributed by atoms with van der Waals surface area (Å²) in [4.78, 5) is 0. The summed E-state index contributed by atoms with van der Waals surface area (Å²) < 4.78 is 1.14. The Morgan fingerprint density at radius 2 is 1.54 bits per heavy atom. The second kappa shape index (κ2) is 3.17. The van der Waals surface area contributed by atoms with Gasteiger partial charge in [0, 0.05) is 11.1 Å². The van der Waals surface area contributed by atoms with E-state index in [0.717, 1.165) is 21.2 Å². The Hall–Kier alpha value is -1.37. The first kappa shape index (κ1) is 8.24. The number of nitrogens with zero attached hydrogens (tertiary/aromatic N) is 1. The van der Waals surface area contributed by atoms with E-state index in [1.165, 1.54) is 0 Å². The van der Waals surface area contributed by atoms with E-state index in [2.05, 4.69) is 0 Å². The molecule has 3 heteroatoms. The van der Waals surface area contributed by atoms with E-state index in [-0.39, 0.29) is 0 Å². The van der Waals surface area contributed by atoms with Gasteiger partial charge in [-0.1, -0.05) is 36.4 Å². The predicted octanol–water partition coefficient (Wildman–Crippen LogP) is 1.81. The van der Waals surface area contributed by atoms with E-state index < -0.39 is 0 Å². The Morgan fingerprint density at radius 1 is 0.846 bits per heavy atom. The fraction of sp³-hybridized carbons (Fsp3) is 0. The van der Waals surface area contributed by atoms with Gasteiger partial charge in [0.15, 0.2) is 0 Å². The Labute approximate surface area is 80.2 Å². The summed E-state index contributed by atoms with van der Waals surface area (Å²) in [6.07, 6.45) is 0. The van der Waals surface area contributed by atoms with Crippen molar-refractivity contribution in [2.45, 2.75) is 0 Å². The van der Waals surface area contributed by atoms with Gasteiger partial charge < -0.3 is 4.72 Å². The number of rotatable bonds is 1. The van der Waals surface area contributed by atoms with Gasteiger partial charge in [-0.05, 0) is 11.5 Å². The van der Waals surface area contributed by atoms with Crippen LogP contribution in [0.3, 0.4) is 0 Å². The van der Waals surface area contributed by atoms with Crippen LogP contribution in [0, 0.1) is 0 Å². The SMILES string of the molecule is [B]N([B])c1cccc2ccccc12. The summed E-state index contributed by atoms with van der Waals surface area (Å²) in [6.45, 7) is 0. The van der Waals surface area contributed by atoms with Crippen LogP contribution in [-0.2, 0) is 0 Å². The van der Waals surface area contributed by atoms with Gasteiger partial charge in [0.05, 0.1) is 0 Å². The van der Waals surface area contributed by atoms with Gasteiger partial charge in [0.25, 0.3) is 0 Å². The molecule has 13 heavy (non-hydrogen) atoms. The second-order valence-electron chi connectivity index (χ2n) is 2.91.